The van der Waals surface area contributed by atoms with Crippen LogP contribution in [0.15, 0.2) is 54.6 Å². The van der Waals surface area contributed by atoms with E-state index in [4.69, 9.17) is 4.74 Å². The van der Waals surface area contributed by atoms with Gasteiger partial charge in [-0.25, -0.2) is 0 Å². The second-order valence-electron chi connectivity index (χ2n) is 5.78. The molecule has 0 radical (unpaired) electrons. The van der Waals surface area contributed by atoms with Gasteiger partial charge < -0.3 is 10.1 Å². The van der Waals surface area contributed by atoms with Crippen LogP contribution in [0.4, 0.5) is 0 Å². The van der Waals surface area contributed by atoms with Crippen molar-refractivity contribution in [2.45, 2.75) is 20.4 Å². The number of amides is 1. The Kier molecular flexibility index (Phi) is 4.75. The number of ether oxygens (including phenoxy) is 1. The maximum atomic E-state index is 12.0. The van der Waals surface area contributed by atoms with E-state index >= 15 is 0 Å². The standard InChI is InChI=1S/C20H20N2O2/c1-14-7-6-10-17-18(11-15(2)22-20(14)17)24-13-19(23)21-12-16-8-4-3-5-9-16/h3-11H,12-13H2,1-2H3,(H,21,23). The zero-order chi connectivity index (χ0) is 16.9. The van der Waals surface area contributed by atoms with Gasteiger partial charge in [0.25, 0.3) is 5.91 Å². The Balaban J connectivity index is 1.67. The second-order valence-corrected chi connectivity index (χ2v) is 5.78. The summed E-state index contributed by atoms with van der Waals surface area (Å²) >= 11 is 0. The zero-order valence-corrected chi connectivity index (χ0v) is 13.9. The lowest BCUT2D eigenvalue weighted by Crippen LogP contribution is -2.28. The van der Waals surface area contributed by atoms with Gasteiger partial charge in [-0.15, -0.1) is 0 Å². The molecule has 3 rings (SSSR count). The molecule has 3 aromatic rings. The Hall–Kier alpha value is -2.88. The van der Waals surface area contributed by atoms with E-state index in [1.54, 1.807) is 0 Å². The SMILES string of the molecule is Cc1cc(OCC(=O)NCc2ccccc2)c2cccc(C)c2n1. The van der Waals surface area contributed by atoms with Crippen LogP contribution in [0.3, 0.4) is 0 Å². The maximum Gasteiger partial charge on any atom is 0.258 e. The molecule has 0 saturated heterocycles. The lowest BCUT2D eigenvalue weighted by molar-refractivity contribution is -0.123. The van der Waals surface area contributed by atoms with Crippen LogP contribution in [0.2, 0.25) is 0 Å². The van der Waals surface area contributed by atoms with Crippen molar-refractivity contribution in [3.05, 3.63) is 71.4 Å². The molecule has 0 saturated carbocycles. The average Bonchev–Trinajstić information content (AvgIpc) is 2.59. The predicted octanol–water partition coefficient (Wildman–Crippen LogP) is 3.55. The Morgan fingerprint density at radius 3 is 2.67 bits per heavy atom. The fourth-order valence-electron chi connectivity index (χ4n) is 2.59. The molecule has 122 valence electrons. The van der Waals surface area contributed by atoms with Gasteiger partial charge in [-0.3, -0.25) is 9.78 Å². The minimum absolute atomic E-state index is 0.0146. The minimum Gasteiger partial charge on any atom is -0.483 e. The molecule has 0 unspecified atom stereocenters. The smallest absolute Gasteiger partial charge is 0.258 e. The summed E-state index contributed by atoms with van der Waals surface area (Å²) in [5, 5.41) is 3.79. The molecule has 0 atom stereocenters. The predicted molar refractivity (Wildman–Crippen MR) is 95.0 cm³/mol. The van der Waals surface area contributed by atoms with Crippen LogP contribution < -0.4 is 10.1 Å². The summed E-state index contributed by atoms with van der Waals surface area (Å²) in [5.74, 6) is 0.546. The van der Waals surface area contributed by atoms with Crippen molar-refractivity contribution in [3.63, 3.8) is 0 Å². The second kappa shape index (κ2) is 7.13. The molecule has 1 heterocycles. The van der Waals surface area contributed by atoms with Gasteiger partial charge in [-0.05, 0) is 31.0 Å². The van der Waals surface area contributed by atoms with Gasteiger partial charge in [0.05, 0.1) is 5.52 Å². The first kappa shape index (κ1) is 16.0. The van der Waals surface area contributed by atoms with Crippen LogP contribution in [0.1, 0.15) is 16.8 Å². The van der Waals surface area contributed by atoms with Crippen LogP contribution in [0.25, 0.3) is 10.9 Å². The summed E-state index contributed by atoms with van der Waals surface area (Å²) in [5.41, 5.74) is 3.94. The van der Waals surface area contributed by atoms with Crippen LogP contribution in [0.5, 0.6) is 5.75 Å². The average molecular weight is 320 g/mol. The van der Waals surface area contributed by atoms with Crippen molar-refractivity contribution in [1.29, 1.82) is 0 Å². The number of rotatable bonds is 5. The lowest BCUT2D eigenvalue weighted by Gasteiger charge is -2.11. The molecule has 0 aliphatic heterocycles. The number of hydrogen-bond donors (Lipinski definition) is 1. The number of nitrogens with zero attached hydrogens (tertiary/aromatic N) is 1. The van der Waals surface area contributed by atoms with Crippen molar-refractivity contribution in [2.75, 3.05) is 6.61 Å². The molecular formula is C20H20N2O2. The van der Waals surface area contributed by atoms with E-state index in [-0.39, 0.29) is 12.5 Å². The number of hydrogen-bond acceptors (Lipinski definition) is 3. The maximum absolute atomic E-state index is 12.0. The topological polar surface area (TPSA) is 51.2 Å². The number of carbonyl (C=O) groups is 1. The molecule has 1 N–H and O–H groups in total. The first-order valence-electron chi connectivity index (χ1n) is 7.94. The molecule has 0 spiro atoms. The van der Waals surface area contributed by atoms with E-state index in [0.29, 0.717) is 12.3 Å². The van der Waals surface area contributed by atoms with Crippen LogP contribution in [0, 0.1) is 13.8 Å². The molecule has 0 aliphatic carbocycles. The van der Waals surface area contributed by atoms with E-state index in [2.05, 4.69) is 10.3 Å². The highest BCUT2D eigenvalue weighted by atomic mass is 16.5. The summed E-state index contributed by atoms with van der Waals surface area (Å²) in [6.45, 7) is 4.43. The van der Waals surface area contributed by atoms with Crippen molar-refractivity contribution in [1.82, 2.24) is 10.3 Å². The first-order chi connectivity index (χ1) is 11.6. The normalized spacial score (nSPS) is 10.6. The third kappa shape index (κ3) is 3.71. The van der Waals surface area contributed by atoms with E-state index in [9.17, 15) is 4.79 Å². The van der Waals surface area contributed by atoms with E-state index < -0.39 is 0 Å². The third-order valence-electron chi connectivity index (χ3n) is 3.82. The highest BCUT2D eigenvalue weighted by Gasteiger charge is 2.09. The molecule has 0 bridgehead atoms. The van der Waals surface area contributed by atoms with Gasteiger partial charge in [-0.2, -0.15) is 0 Å². The zero-order valence-electron chi connectivity index (χ0n) is 13.9. The van der Waals surface area contributed by atoms with Crippen LogP contribution >= 0.6 is 0 Å². The third-order valence-corrected chi connectivity index (χ3v) is 3.82. The Bertz CT molecular complexity index is 860. The van der Waals surface area contributed by atoms with Crippen LogP contribution in [-0.4, -0.2) is 17.5 Å². The van der Waals surface area contributed by atoms with Crippen molar-refractivity contribution in [2.24, 2.45) is 0 Å². The quantitative estimate of drug-likeness (QED) is 0.782. The number of benzene rings is 2. The first-order valence-corrected chi connectivity index (χ1v) is 7.94. The van der Waals surface area contributed by atoms with Gasteiger partial charge in [0.15, 0.2) is 6.61 Å². The molecule has 4 heteroatoms. The summed E-state index contributed by atoms with van der Waals surface area (Å²) in [7, 11) is 0. The van der Waals surface area contributed by atoms with Crippen molar-refractivity contribution < 1.29 is 9.53 Å². The highest BCUT2D eigenvalue weighted by molar-refractivity contribution is 5.88. The number of pyridine rings is 1. The largest absolute Gasteiger partial charge is 0.483 e. The van der Waals surface area contributed by atoms with Gasteiger partial charge in [0.1, 0.15) is 5.75 Å². The number of fused-ring (bicyclic) bond motifs is 1. The number of aromatic nitrogens is 1. The van der Waals surface area contributed by atoms with E-state index in [1.807, 2.05) is 68.4 Å². The molecule has 2 aromatic carbocycles. The van der Waals surface area contributed by atoms with E-state index in [1.165, 1.54) is 0 Å². The molecular weight excluding hydrogens is 300 g/mol. The Labute approximate surface area is 141 Å². The molecule has 4 nitrogen and oxygen atoms in total. The number of para-hydroxylation sites is 1. The Morgan fingerprint density at radius 2 is 1.88 bits per heavy atom. The summed E-state index contributed by atoms with van der Waals surface area (Å²) in [6.07, 6.45) is 0. The Morgan fingerprint density at radius 1 is 1.08 bits per heavy atom. The highest BCUT2D eigenvalue weighted by Crippen LogP contribution is 2.27. The fraction of sp³-hybridized carbons (Fsp3) is 0.200. The minimum atomic E-state index is -0.144. The summed E-state index contributed by atoms with van der Waals surface area (Å²) < 4.78 is 5.75. The number of nitrogens with one attached hydrogen (secondary N) is 1. The molecule has 0 fully saturated rings. The van der Waals surface area contributed by atoms with Gasteiger partial charge in [0.2, 0.25) is 0 Å². The summed E-state index contributed by atoms with van der Waals surface area (Å²) in [6, 6.07) is 17.6. The van der Waals surface area contributed by atoms with Crippen molar-refractivity contribution >= 4 is 16.8 Å². The summed E-state index contributed by atoms with van der Waals surface area (Å²) in [4.78, 5) is 16.6. The van der Waals surface area contributed by atoms with Crippen LogP contribution in [-0.2, 0) is 11.3 Å². The number of aryl methyl sites for hydroxylation is 2. The lowest BCUT2D eigenvalue weighted by atomic mass is 10.1. The molecule has 1 amide bonds. The fourth-order valence-corrected chi connectivity index (χ4v) is 2.59. The van der Waals surface area contributed by atoms with Gasteiger partial charge in [-0.1, -0.05) is 42.5 Å². The number of carbonyl (C=O) groups excluding carboxylic acids is 1. The van der Waals surface area contributed by atoms with Gasteiger partial charge in [0, 0.05) is 23.7 Å². The molecule has 0 aliphatic rings. The van der Waals surface area contributed by atoms with Crippen molar-refractivity contribution in [3.8, 4) is 5.75 Å². The molecule has 24 heavy (non-hydrogen) atoms. The van der Waals surface area contributed by atoms with Gasteiger partial charge >= 0.3 is 0 Å². The monoisotopic (exact) mass is 320 g/mol. The van der Waals surface area contributed by atoms with E-state index in [0.717, 1.165) is 27.7 Å². The molecule has 1 aromatic heterocycles.